The van der Waals surface area contributed by atoms with Crippen LogP contribution in [0.4, 0.5) is 0 Å². The van der Waals surface area contributed by atoms with Crippen LogP contribution >= 0.6 is 27.3 Å². The summed E-state index contributed by atoms with van der Waals surface area (Å²) < 4.78 is 3.03. The molecule has 2 aromatic heterocycles. The monoisotopic (exact) mass is 273 g/mol. The van der Waals surface area contributed by atoms with Crippen molar-refractivity contribution in [3.8, 4) is 0 Å². The Hall–Kier alpha value is -0.750. The fourth-order valence-electron chi connectivity index (χ4n) is 1.29. The standard InChI is InChI=1S/C8H8BrN3OS/c1-3-12-7(13)5-6(4(2)11-12)14-8(9)10-5/h3H2,1-2H3. The van der Waals surface area contributed by atoms with E-state index in [-0.39, 0.29) is 5.56 Å². The van der Waals surface area contributed by atoms with Crippen molar-refractivity contribution in [3.05, 3.63) is 20.0 Å². The highest BCUT2D eigenvalue weighted by atomic mass is 79.9. The quantitative estimate of drug-likeness (QED) is 0.798. The number of halogens is 1. The van der Waals surface area contributed by atoms with Gasteiger partial charge in [-0.3, -0.25) is 4.79 Å². The van der Waals surface area contributed by atoms with Gasteiger partial charge < -0.3 is 0 Å². The topological polar surface area (TPSA) is 47.8 Å². The summed E-state index contributed by atoms with van der Waals surface area (Å²) in [5.74, 6) is 0. The van der Waals surface area contributed by atoms with Crippen LogP contribution in [-0.2, 0) is 6.54 Å². The number of aryl methyl sites for hydroxylation is 2. The zero-order valence-electron chi connectivity index (χ0n) is 7.74. The SMILES string of the molecule is CCn1nc(C)c2sc(Br)nc2c1=O. The van der Waals surface area contributed by atoms with E-state index in [4.69, 9.17) is 0 Å². The lowest BCUT2D eigenvalue weighted by molar-refractivity contribution is 0.614. The maximum atomic E-state index is 11.7. The molecule has 0 fully saturated rings. The van der Waals surface area contributed by atoms with Gasteiger partial charge in [-0.1, -0.05) is 0 Å². The second kappa shape index (κ2) is 3.43. The van der Waals surface area contributed by atoms with E-state index in [0.29, 0.717) is 12.1 Å². The molecule has 2 heterocycles. The van der Waals surface area contributed by atoms with Crippen molar-refractivity contribution in [3.63, 3.8) is 0 Å². The lowest BCUT2D eigenvalue weighted by Gasteiger charge is -2.01. The highest BCUT2D eigenvalue weighted by molar-refractivity contribution is 9.11. The normalized spacial score (nSPS) is 11.1. The van der Waals surface area contributed by atoms with E-state index in [0.717, 1.165) is 14.3 Å². The molecule has 0 spiro atoms. The van der Waals surface area contributed by atoms with Crippen molar-refractivity contribution in [1.82, 2.24) is 14.8 Å². The van der Waals surface area contributed by atoms with E-state index >= 15 is 0 Å². The molecule has 4 nitrogen and oxygen atoms in total. The molecule has 0 aliphatic heterocycles. The predicted molar refractivity (Wildman–Crippen MR) is 59.8 cm³/mol. The maximum Gasteiger partial charge on any atom is 0.294 e. The molecule has 6 heteroatoms. The van der Waals surface area contributed by atoms with Crippen molar-refractivity contribution < 1.29 is 0 Å². The average Bonchev–Trinajstić information content (AvgIpc) is 2.54. The number of rotatable bonds is 1. The molecule has 0 atom stereocenters. The second-order valence-corrected chi connectivity index (χ2v) is 5.13. The largest absolute Gasteiger partial charge is 0.294 e. The minimum atomic E-state index is -0.116. The van der Waals surface area contributed by atoms with Crippen molar-refractivity contribution in [2.75, 3.05) is 0 Å². The van der Waals surface area contributed by atoms with E-state index in [2.05, 4.69) is 26.0 Å². The van der Waals surface area contributed by atoms with Crippen LogP contribution in [-0.4, -0.2) is 14.8 Å². The van der Waals surface area contributed by atoms with Gasteiger partial charge in [0.15, 0.2) is 9.43 Å². The number of aromatic nitrogens is 3. The van der Waals surface area contributed by atoms with Gasteiger partial charge in [-0.05, 0) is 29.8 Å². The van der Waals surface area contributed by atoms with Crippen LogP contribution in [0.2, 0.25) is 0 Å². The third-order valence-electron chi connectivity index (χ3n) is 1.94. The lowest BCUT2D eigenvalue weighted by Crippen LogP contribution is -2.22. The first-order valence-electron chi connectivity index (χ1n) is 4.17. The maximum absolute atomic E-state index is 11.7. The third kappa shape index (κ3) is 1.38. The molecule has 0 radical (unpaired) electrons. The first-order valence-corrected chi connectivity index (χ1v) is 5.78. The van der Waals surface area contributed by atoms with Crippen LogP contribution < -0.4 is 5.56 Å². The Morgan fingerprint density at radius 3 is 2.93 bits per heavy atom. The minimum absolute atomic E-state index is 0.116. The molecule has 0 aliphatic carbocycles. The summed E-state index contributed by atoms with van der Waals surface area (Å²) in [6.45, 7) is 4.35. The average molecular weight is 274 g/mol. The van der Waals surface area contributed by atoms with Gasteiger partial charge in [0, 0.05) is 6.54 Å². The number of nitrogens with zero attached hydrogens (tertiary/aromatic N) is 3. The molecule has 0 unspecified atom stereocenters. The van der Waals surface area contributed by atoms with Crippen molar-refractivity contribution >= 4 is 37.5 Å². The Bertz CT molecular complexity index is 545. The molecule has 74 valence electrons. The van der Waals surface area contributed by atoms with Crippen LogP contribution in [0.3, 0.4) is 0 Å². The van der Waals surface area contributed by atoms with Gasteiger partial charge in [0.1, 0.15) is 0 Å². The molecule has 0 bridgehead atoms. The van der Waals surface area contributed by atoms with Crippen LogP contribution in [0.1, 0.15) is 12.6 Å². The van der Waals surface area contributed by atoms with Crippen LogP contribution in [0.25, 0.3) is 10.2 Å². The van der Waals surface area contributed by atoms with Crippen molar-refractivity contribution in [1.29, 1.82) is 0 Å². The molecule has 2 aromatic rings. The zero-order valence-corrected chi connectivity index (χ0v) is 10.1. The molecular formula is C8H8BrN3OS. The lowest BCUT2D eigenvalue weighted by atomic mass is 10.4. The van der Waals surface area contributed by atoms with E-state index < -0.39 is 0 Å². The Kier molecular flexibility index (Phi) is 2.40. The van der Waals surface area contributed by atoms with Crippen LogP contribution in [0.5, 0.6) is 0 Å². The fraction of sp³-hybridized carbons (Fsp3) is 0.375. The number of fused-ring (bicyclic) bond motifs is 1. The summed E-state index contributed by atoms with van der Waals surface area (Å²) in [7, 11) is 0. The van der Waals surface area contributed by atoms with Crippen LogP contribution in [0.15, 0.2) is 8.71 Å². The highest BCUT2D eigenvalue weighted by Crippen LogP contribution is 2.25. The minimum Gasteiger partial charge on any atom is -0.265 e. The summed E-state index contributed by atoms with van der Waals surface area (Å²) in [4.78, 5) is 15.9. The molecule has 0 N–H and O–H groups in total. The number of hydrogen-bond acceptors (Lipinski definition) is 4. The summed E-state index contributed by atoms with van der Waals surface area (Å²) in [6.07, 6.45) is 0. The van der Waals surface area contributed by atoms with Gasteiger partial charge in [0.05, 0.1) is 10.4 Å². The van der Waals surface area contributed by atoms with Gasteiger partial charge in [-0.2, -0.15) is 5.10 Å². The van der Waals surface area contributed by atoms with Gasteiger partial charge in [-0.25, -0.2) is 9.67 Å². The first-order chi connectivity index (χ1) is 6.63. The molecule has 0 aliphatic rings. The fourth-order valence-corrected chi connectivity index (χ4v) is 2.68. The molecule has 0 saturated heterocycles. The Morgan fingerprint density at radius 1 is 1.57 bits per heavy atom. The Labute approximate surface area is 92.7 Å². The number of hydrogen-bond donors (Lipinski definition) is 0. The summed E-state index contributed by atoms with van der Waals surface area (Å²) >= 11 is 4.71. The first kappa shape index (κ1) is 9.79. The molecule has 0 aromatic carbocycles. The van der Waals surface area contributed by atoms with E-state index in [1.165, 1.54) is 16.0 Å². The second-order valence-electron chi connectivity index (χ2n) is 2.85. The van der Waals surface area contributed by atoms with Gasteiger partial charge in [0.25, 0.3) is 5.56 Å². The molecule has 0 saturated carbocycles. The smallest absolute Gasteiger partial charge is 0.265 e. The molecule has 2 rings (SSSR count). The zero-order chi connectivity index (χ0) is 10.3. The molecule has 14 heavy (non-hydrogen) atoms. The summed E-state index contributed by atoms with van der Waals surface area (Å²) in [6, 6.07) is 0. The summed E-state index contributed by atoms with van der Waals surface area (Å²) in [5, 5.41) is 4.19. The predicted octanol–water partition coefficient (Wildman–Crippen LogP) is 1.94. The van der Waals surface area contributed by atoms with Crippen molar-refractivity contribution in [2.24, 2.45) is 0 Å². The van der Waals surface area contributed by atoms with Crippen LogP contribution in [0, 0.1) is 6.92 Å². The third-order valence-corrected chi connectivity index (χ3v) is 3.55. The van der Waals surface area contributed by atoms with Crippen molar-refractivity contribution in [2.45, 2.75) is 20.4 Å². The van der Waals surface area contributed by atoms with Gasteiger partial charge in [0.2, 0.25) is 0 Å². The van der Waals surface area contributed by atoms with Gasteiger partial charge in [-0.15, -0.1) is 11.3 Å². The number of thiazole rings is 1. The van der Waals surface area contributed by atoms with Gasteiger partial charge >= 0.3 is 0 Å². The van der Waals surface area contributed by atoms with E-state index in [1.807, 2.05) is 13.8 Å². The Morgan fingerprint density at radius 2 is 2.29 bits per heavy atom. The molecule has 0 amide bonds. The molecular weight excluding hydrogens is 266 g/mol. The Balaban J connectivity index is 2.94. The van der Waals surface area contributed by atoms with E-state index in [1.54, 1.807) is 0 Å². The van der Waals surface area contributed by atoms with E-state index in [9.17, 15) is 4.79 Å². The summed E-state index contributed by atoms with van der Waals surface area (Å²) in [5.41, 5.74) is 1.25. The highest BCUT2D eigenvalue weighted by Gasteiger charge is 2.11.